The van der Waals surface area contributed by atoms with Gasteiger partial charge in [-0.2, -0.15) is 11.8 Å². The third-order valence-electron chi connectivity index (χ3n) is 2.37. The second-order valence-corrected chi connectivity index (χ2v) is 5.50. The minimum absolute atomic E-state index is 0.387. The summed E-state index contributed by atoms with van der Waals surface area (Å²) in [6, 6.07) is 3.84. The molecule has 0 saturated heterocycles. The van der Waals surface area contributed by atoms with Gasteiger partial charge in [0, 0.05) is 12.2 Å². The van der Waals surface area contributed by atoms with Gasteiger partial charge in [0.15, 0.2) is 0 Å². The van der Waals surface area contributed by atoms with E-state index in [0.29, 0.717) is 10.9 Å². The maximum Gasteiger partial charge on any atom is 0.136 e. The lowest BCUT2D eigenvalue weighted by Crippen LogP contribution is -2.19. The Kier molecular flexibility index (Phi) is 5.71. The molecule has 1 unspecified atom stereocenters. The van der Waals surface area contributed by atoms with Crippen LogP contribution in [-0.2, 0) is 0 Å². The zero-order valence-corrected chi connectivity index (χ0v) is 12.1. The van der Waals surface area contributed by atoms with Gasteiger partial charge in [-0.05, 0) is 37.0 Å². The van der Waals surface area contributed by atoms with Crippen molar-refractivity contribution >= 4 is 34.8 Å². The summed E-state index contributed by atoms with van der Waals surface area (Å²) in [5.74, 6) is 2.51. The van der Waals surface area contributed by atoms with Crippen molar-refractivity contribution < 1.29 is 0 Å². The average molecular weight is 269 g/mol. The highest BCUT2D eigenvalue weighted by molar-refractivity contribution is 7.98. The van der Waals surface area contributed by atoms with E-state index in [4.69, 9.17) is 18.0 Å². The van der Waals surface area contributed by atoms with Gasteiger partial charge in [0.2, 0.25) is 0 Å². The molecule has 0 spiro atoms. The van der Waals surface area contributed by atoms with E-state index in [1.807, 2.05) is 30.8 Å². The number of nitrogens with zero attached hydrogens (tertiary/aromatic N) is 1. The molecule has 94 valence electrons. The van der Waals surface area contributed by atoms with Crippen LogP contribution < -0.4 is 11.1 Å². The first-order chi connectivity index (χ1) is 8.04. The van der Waals surface area contributed by atoms with Gasteiger partial charge in [-0.3, -0.25) is 0 Å². The fourth-order valence-corrected chi connectivity index (χ4v) is 2.36. The molecule has 1 atom stereocenters. The fourth-order valence-electron chi connectivity index (χ4n) is 1.50. The van der Waals surface area contributed by atoms with E-state index >= 15 is 0 Å². The summed E-state index contributed by atoms with van der Waals surface area (Å²) in [5, 5.41) is 3.33. The van der Waals surface area contributed by atoms with Crippen molar-refractivity contribution in [1.29, 1.82) is 0 Å². The molecule has 0 aromatic carbocycles. The van der Waals surface area contributed by atoms with Crippen molar-refractivity contribution in [2.45, 2.75) is 13.8 Å². The first-order valence-electron chi connectivity index (χ1n) is 5.55. The minimum atomic E-state index is 0.387. The number of nitrogens with two attached hydrogens (primary N) is 1. The Balaban J connectivity index is 2.75. The van der Waals surface area contributed by atoms with Gasteiger partial charge in [-0.1, -0.05) is 19.1 Å². The number of aryl methyl sites for hydroxylation is 1. The molecule has 0 aliphatic carbocycles. The summed E-state index contributed by atoms with van der Waals surface area (Å²) >= 11 is 6.87. The minimum Gasteiger partial charge on any atom is -0.389 e. The van der Waals surface area contributed by atoms with Gasteiger partial charge < -0.3 is 11.1 Å². The van der Waals surface area contributed by atoms with Crippen molar-refractivity contribution in [2.75, 3.05) is 23.9 Å². The maximum atomic E-state index is 5.68. The topological polar surface area (TPSA) is 50.9 Å². The normalized spacial score (nSPS) is 12.2. The van der Waals surface area contributed by atoms with Gasteiger partial charge >= 0.3 is 0 Å². The lowest BCUT2D eigenvalue weighted by Gasteiger charge is -2.14. The Hall–Kier alpha value is -0.810. The highest BCUT2D eigenvalue weighted by Crippen LogP contribution is 2.14. The fraction of sp³-hybridized carbons (Fsp3) is 0.500. The predicted molar refractivity (Wildman–Crippen MR) is 80.9 cm³/mol. The van der Waals surface area contributed by atoms with Crippen LogP contribution >= 0.6 is 24.0 Å². The van der Waals surface area contributed by atoms with E-state index in [1.165, 1.54) is 0 Å². The lowest BCUT2D eigenvalue weighted by molar-refractivity contribution is 0.699. The van der Waals surface area contributed by atoms with Gasteiger partial charge in [0.05, 0.1) is 5.56 Å². The van der Waals surface area contributed by atoms with Gasteiger partial charge in [-0.15, -0.1) is 0 Å². The number of thiocarbonyl (C=S) groups is 1. The van der Waals surface area contributed by atoms with E-state index in [-0.39, 0.29) is 0 Å². The zero-order valence-electron chi connectivity index (χ0n) is 10.5. The summed E-state index contributed by atoms with van der Waals surface area (Å²) in [5.41, 5.74) is 7.46. The van der Waals surface area contributed by atoms with Crippen LogP contribution in [0, 0.1) is 12.8 Å². The first kappa shape index (κ1) is 14.3. The number of hydrogen-bond acceptors (Lipinski definition) is 4. The molecule has 0 aliphatic rings. The molecule has 0 bridgehead atoms. The third kappa shape index (κ3) is 4.52. The summed E-state index contributed by atoms with van der Waals surface area (Å²) in [4.78, 5) is 4.83. The summed E-state index contributed by atoms with van der Waals surface area (Å²) < 4.78 is 0. The highest BCUT2D eigenvalue weighted by Gasteiger charge is 2.08. The standard InChI is InChI=1S/C12H19N3S2/c1-8(7-17-3)6-14-12-10(11(13)16)5-4-9(2)15-12/h4-5,8H,6-7H2,1-3H3,(H2,13,16)(H,14,15). The first-order valence-corrected chi connectivity index (χ1v) is 7.35. The van der Waals surface area contributed by atoms with Crippen LogP contribution in [0.25, 0.3) is 0 Å². The van der Waals surface area contributed by atoms with E-state index in [1.54, 1.807) is 0 Å². The Morgan fingerprint density at radius 1 is 1.59 bits per heavy atom. The number of aromatic nitrogens is 1. The van der Waals surface area contributed by atoms with Crippen LogP contribution in [0.2, 0.25) is 0 Å². The summed E-state index contributed by atoms with van der Waals surface area (Å²) in [6.07, 6.45) is 2.11. The predicted octanol–water partition coefficient (Wildman–Crippen LogP) is 2.44. The SMILES string of the molecule is CSCC(C)CNc1nc(C)ccc1C(N)=S. The molecule has 0 amide bonds. The quantitative estimate of drug-likeness (QED) is 0.777. The molecule has 1 heterocycles. The molecule has 0 saturated carbocycles. The van der Waals surface area contributed by atoms with E-state index < -0.39 is 0 Å². The van der Waals surface area contributed by atoms with Crippen LogP contribution in [-0.4, -0.2) is 28.5 Å². The Labute approximate surface area is 113 Å². The number of rotatable bonds is 6. The van der Waals surface area contributed by atoms with Crippen LogP contribution in [0.15, 0.2) is 12.1 Å². The molecule has 3 N–H and O–H groups in total. The van der Waals surface area contributed by atoms with Gasteiger partial charge in [-0.25, -0.2) is 4.98 Å². The molecule has 1 rings (SSSR count). The summed E-state index contributed by atoms with van der Waals surface area (Å²) in [6.45, 7) is 5.05. The van der Waals surface area contributed by atoms with Crippen molar-refractivity contribution in [3.05, 3.63) is 23.4 Å². The molecule has 1 aromatic rings. The Morgan fingerprint density at radius 2 is 2.29 bits per heavy atom. The van der Waals surface area contributed by atoms with E-state index in [9.17, 15) is 0 Å². The Bertz CT molecular complexity index is 393. The smallest absolute Gasteiger partial charge is 0.136 e. The van der Waals surface area contributed by atoms with E-state index in [2.05, 4.69) is 23.5 Å². The molecule has 0 fully saturated rings. The molecule has 3 nitrogen and oxygen atoms in total. The van der Waals surface area contributed by atoms with Gasteiger partial charge in [0.1, 0.15) is 10.8 Å². The number of nitrogens with one attached hydrogen (secondary N) is 1. The number of thioether (sulfide) groups is 1. The second-order valence-electron chi connectivity index (χ2n) is 4.15. The second kappa shape index (κ2) is 6.81. The highest BCUT2D eigenvalue weighted by atomic mass is 32.2. The van der Waals surface area contributed by atoms with Crippen LogP contribution in [0.4, 0.5) is 5.82 Å². The Morgan fingerprint density at radius 3 is 2.88 bits per heavy atom. The maximum absolute atomic E-state index is 5.68. The molecular weight excluding hydrogens is 250 g/mol. The van der Waals surface area contributed by atoms with Crippen LogP contribution in [0.3, 0.4) is 0 Å². The van der Waals surface area contributed by atoms with Crippen molar-refractivity contribution in [1.82, 2.24) is 4.98 Å². The third-order valence-corrected chi connectivity index (χ3v) is 3.49. The monoisotopic (exact) mass is 269 g/mol. The van der Waals surface area contributed by atoms with Gasteiger partial charge in [0.25, 0.3) is 0 Å². The van der Waals surface area contributed by atoms with Crippen molar-refractivity contribution in [3.8, 4) is 0 Å². The molecular formula is C12H19N3S2. The molecule has 0 radical (unpaired) electrons. The number of hydrogen-bond donors (Lipinski definition) is 2. The van der Waals surface area contributed by atoms with Crippen molar-refractivity contribution in [3.63, 3.8) is 0 Å². The molecule has 1 aromatic heterocycles. The largest absolute Gasteiger partial charge is 0.389 e. The van der Waals surface area contributed by atoms with Crippen LogP contribution in [0.1, 0.15) is 18.2 Å². The van der Waals surface area contributed by atoms with Crippen LogP contribution in [0.5, 0.6) is 0 Å². The summed E-state index contributed by atoms with van der Waals surface area (Å²) in [7, 11) is 0. The lowest BCUT2D eigenvalue weighted by atomic mass is 10.2. The van der Waals surface area contributed by atoms with Crippen molar-refractivity contribution in [2.24, 2.45) is 11.7 Å². The van der Waals surface area contributed by atoms with E-state index in [0.717, 1.165) is 29.4 Å². The number of anilines is 1. The zero-order chi connectivity index (χ0) is 12.8. The average Bonchev–Trinajstić information content (AvgIpc) is 2.26. The molecule has 0 aliphatic heterocycles. The number of pyridine rings is 1. The molecule has 17 heavy (non-hydrogen) atoms. The molecule has 5 heteroatoms.